The van der Waals surface area contributed by atoms with E-state index in [4.69, 9.17) is 16.3 Å². The Kier molecular flexibility index (Phi) is 10.0. The van der Waals surface area contributed by atoms with E-state index in [1.54, 1.807) is 0 Å². The number of rotatable bonds is 10. The zero-order valence-electron chi connectivity index (χ0n) is 24.6. The largest absolute Gasteiger partial charge is 0.487 e. The highest BCUT2D eigenvalue weighted by molar-refractivity contribution is 6.32. The summed E-state index contributed by atoms with van der Waals surface area (Å²) in [5.41, 5.74) is 10.2. The van der Waals surface area contributed by atoms with Gasteiger partial charge in [-0.15, -0.1) is 0 Å². The predicted molar refractivity (Wildman–Crippen MR) is 170 cm³/mol. The first-order valence-electron chi connectivity index (χ1n) is 15.2. The predicted octanol–water partition coefficient (Wildman–Crippen LogP) is 9.00. The average molecular weight is 557 g/mol. The lowest BCUT2D eigenvalue weighted by atomic mass is 9.91. The maximum atomic E-state index is 6.73. The molecule has 3 aromatic rings. The normalized spacial score (nSPS) is 16.7. The van der Waals surface area contributed by atoms with Crippen molar-refractivity contribution in [3.63, 3.8) is 0 Å². The van der Waals surface area contributed by atoms with Gasteiger partial charge in [-0.25, -0.2) is 0 Å². The van der Waals surface area contributed by atoms with Crippen molar-refractivity contribution in [2.45, 2.75) is 72.4 Å². The highest BCUT2D eigenvalue weighted by atomic mass is 35.5. The number of benzene rings is 3. The summed E-state index contributed by atoms with van der Waals surface area (Å²) in [6, 6.07) is 17.4. The van der Waals surface area contributed by atoms with Gasteiger partial charge in [0.2, 0.25) is 0 Å². The van der Waals surface area contributed by atoms with Crippen molar-refractivity contribution >= 4 is 17.7 Å². The Balaban J connectivity index is 1.26. The highest BCUT2D eigenvalue weighted by Gasteiger charge is 2.15. The van der Waals surface area contributed by atoms with E-state index >= 15 is 0 Å². The van der Waals surface area contributed by atoms with Crippen LogP contribution in [0.1, 0.15) is 71.9 Å². The summed E-state index contributed by atoms with van der Waals surface area (Å²) in [5, 5.41) is 0.700. The van der Waals surface area contributed by atoms with E-state index in [1.807, 2.05) is 0 Å². The first-order valence-corrected chi connectivity index (χ1v) is 15.6. The van der Waals surface area contributed by atoms with E-state index in [1.165, 1.54) is 109 Å². The molecule has 2 fully saturated rings. The Morgan fingerprint density at radius 3 is 2.23 bits per heavy atom. The second-order valence-corrected chi connectivity index (χ2v) is 12.1. The Morgan fingerprint density at radius 2 is 1.45 bits per heavy atom. The van der Waals surface area contributed by atoms with Gasteiger partial charge in [0.1, 0.15) is 12.4 Å². The fraction of sp³-hybridized carbons (Fsp3) is 0.444. The molecule has 0 N–H and O–H groups in total. The number of halogens is 1. The van der Waals surface area contributed by atoms with Gasteiger partial charge in [-0.05, 0) is 136 Å². The second-order valence-electron chi connectivity index (χ2n) is 11.7. The smallest absolute Gasteiger partial charge is 0.138 e. The molecule has 212 valence electrons. The number of hydrogen-bond donors (Lipinski definition) is 0. The number of aryl methyl sites for hydroxylation is 1. The number of piperidine rings is 1. The maximum absolute atomic E-state index is 6.73. The minimum absolute atomic E-state index is 0.499. The molecule has 40 heavy (non-hydrogen) atoms. The summed E-state index contributed by atoms with van der Waals surface area (Å²) in [4.78, 5) is 5.11. The van der Waals surface area contributed by atoms with Crippen LogP contribution in [0.4, 0.5) is 0 Å². The van der Waals surface area contributed by atoms with Crippen LogP contribution in [0.25, 0.3) is 17.2 Å². The van der Waals surface area contributed by atoms with Gasteiger partial charge in [-0.2, -0.15) is 0 Å². The lowest BCUT2D eigenvalue weighted by Gasteiger charge is -2.27. The van der Waals surface area contributed by atoms with Crippen molar-refractivity contribution in [2.24, 2.45) is 0 Å². The summed E-state index contributed by atoms with van der Waals surface area (Å²) in [5.74, 6) is 0.767. The first-order chi connectivity index (χ1) is 19.5. The Hall–Kier alpha value is -2.59. The van der Waals surface area contributed by atoms with E-state index in [0.29, 0.717) is 11.6 Å². The molecule has 0 aromatic heterocycles. The molecule has 3 aromatic carbocycles. The second kappa shape index (κ2) is 13.9. The van der Waals surface area contributed by atoms with Gasteiger partial charge in [0.25, 0.3) is 0 Å². The number of nitrogens with zero attached hydrogens (tertiary/aromatic N) is 2. The summed E-state index contributed by atoms with van der Waals surface area (Å²) in [6.07, 6.45) is 12.4. The van der Waals surface area contributed by atoms with Crippen molar-refractivity contribution in [1.29, 1.82) is 0 Å². The Labute approximate surface area is 246 Å². The Morgan fingerprint density at radius 1 is 0.775 bits per heavy atom. The summed E-state index contributed by atoms with van der Waals surface area (Å²) >= 11 is 6.73. The van der Waals surface area contributed by atoms with Crippen LogP contribution < -0.4 is 4.74 Å². The molecule has 0 bridgehead atoms. The zero-order chi connectivity index (χ0) is 27.9. The lowest BCUT2D eigenvalue weighted by Crippen LogP contribution is -2.29. The van der Waals surface area contributed by atoms with Crippen LogP contribution in [0.3, 0.4) is 0 Å². The van der Waals surface area contributed by atoms with Crippen LogP contribution in [0.5, 0.6) is 5.75 Å². The van der Waals surface area contributed by atoms with Crippen molar-refractivity contribution in [2.75, 3.05) is 32.7 Å². The molecular weight excluding hydrogens is 512 g/mol. The van der Waals surface area contributed by atoms with E-state index in [0.717, 1.165) is 18.7 Å². The minimum atomic E-state index is 0.499. The van der Waals surface area contributed by atoms with Gasteiger partial charge in [-0.3, -0.25) is 4.90 Å². The monoisotopic (exact) mass is 556 g/mol. The SMILES string of the molecule is Cc1cc(OCc2cccc(-c3cccc(/C=C/CCN4CCCC4)c3C)c2C)c(Cl)cc1CN1CCCCC1. The first kappa shape index (κ1) is 28.9. The van der Waals surface area contributed by atoms with E-state index in [2.05, 4.69) is 91.3 Å². The van der Waals surface area contributed by atoms with Crippen LogP contribution >= 0.6 is 11.6 Å². The van der Waals surface area contributed by atoms with Gasteiger partial charge in [0, 0.05) is 13.1 Å². The quantitative estimate of drug-likeness (QED) is 0.248. The van der Waals surface area contributed by atoms with Crippen molar-refractivity contribution in [3.8, 4) is 16.9 Å². The molecule has 0 aliphatic carbocycles. The van der Waals surface area contributed by atoms with Gasteiger partial charge in [0.05, 0.1) is 5.02 Å². The fourth-order valence-electron chi connectivity index (χ4n) is 6.22. The van der Waals surface area contributed by atoms with Crippen LogP contribution in [0, 0.1) is 20.8 Å². The third-order valence-electron chi connectivity index (χ3n) is 8.84. The minimum Gasteiger partial charge on any atom is -0.487 e. The number of likely N-dealkylation sites (tertiary alicyclic amines) is 2. The standard InChI is InChI=1S/C36H45ClN2O/c1-27-23-36(35(37)24-32(27)25-39-21-6-4-7-22-39)40-26-31-15-12-17-34(29(31)3)33-16-11-14-30(28(33)2)13-5-8-18-38-19-9-10-20-38/h5,11-17,23-24H,4,6-10,18-22,25-26H2,1-3H3/b13-5+. The number of hydrogen-bond acceptors (Lipinski definition) is 3. The highest BCUT2D eigenvalue weighted by Crippen LogP contribution is 2.33. The molecule has 0 atom stereocenters. The van der Waals surface area contributed by atoms with Gasteiger partial charge >= 0.3 is 0 Å². The van der Waals surface area contributed by atoms with Crippen molar-refractivity contribution in [1.82, 2.24) is 9.80 Å². The summed E-state index contributed by atoms with van der Waals surface area (Å²) in [6.45, 7) is 14.1. The molecule has 2 saturated heterocycles. The summed E-state index contributed by atoms with van der Waals surface area (Å²) in [7, 11) is 0. The third-order valence-corrected chi connectivity index (χ3v) is 9.13. The number of ether oxygens (including phenoxy) is 1. The van der Waals surface area contributed by atoms with Gasteiger partial charge < -0.3 is 9.64 Å². The zero-order valence-corrected chi connectivity index (χ0v) is 25.4. The molecule has 0 radical (unpaired) electrons. The van der Waals surface area contributed by atoms with Crippen molar-refractivity contribution < 1.29 is 4.74 Å². The molecule has 2 aliphatic heterocycles. The molecule has 4 heteroatoms. The molecule has 0 amide bonds. The lowest BCUT2D eigenvalue weighted by molar-refractivity contribution is 0.220. The van der Waals surface area contributed by atoms with Gasteiger partial charge in [-0.1, -0.05) is 66.6 Å². The molecule has 0 unspecified atom stereocenters. The van der Waals surface area contributed by atoms with E-state index in [-0.39, 0.29) is 0 Å². The van der Waals surface area contributed by atoms with Crippen molar-refractivity contribution in [3.05, 3.63) is 93.0 Å². The molecule has 5 rings (SSSR count). The Bertz CT molecular complexity index is 1320. The summed E-state index contributed by atoms with van der Waals surface area (Å²) < 4.78 is 6.32. The van der Waals surface area contributed by atoms with E-state index < -0.39 is 0 Å². The molecule has 0 saturated carbocycles. The van der Waals surface area contributed by atoms with Crippen LogP contribution in [-0.4, -0.2) is 42.5 Å². The van der Waals surface area contributed by atoms with Crippen LogP contribution in [0.15, 0.2) is 54.6 Å². The van der Waals surface area contributed by atoms with Crippen LogP contribution in [-0.2, 0) is 13.2 Å². The van der Waals surface area contributed by atoms with Gasteiger partial charge in [0.15, 0.2) is 0 Å². The molecule has 2 aliphatic rings. The molecule has 3 nitrogen and oxygen atoms in total. The average Bonchev–Trinajstić information content (AvgIpc) is 3.48. The molecular formula is C36H45ClN2O. The van der Waals surface area contributed by atoms with E-state index in [9.17, 15) is 0 Å². The fourth-order valence-corrected chi connectivity index (χ4v) is 6.46. The molecule has 2 heterocycles. The topological polar surface area (TPSA) is 15.7 Å². The maximum Gasteiger partial charge on any atom is 0.138 e. The van der Waals surface area contributed by atoms with Crippen LogP contribution in [0.2, 0.25) is 5.02 Å². The third kappa shape index (κ3) is 7.18. The molecule has 0 spiro atoms.